The molecule has 0 aromatic carbocycles. The number of rotatable bonds is 11. The SMILES string of the molecule is COCCN(C)CCNC(=O)CCCCCN. The van der Waals surface area contributed by atoms with Crippen LogP contribution in [0.15, 0.2) is 0 Å². The van der Waals surface area contributed by atoms with Gasteiger partial charge in [-0.3, -0.25) is 4.79 Å². The largest absolute Gasteiger partial charge is 0.383 e. The first-order valence-corrected chi connectivity index (χ1v) is 6.35. The zero-order valence-corrected chi connectivity index (χ0v) is 11.2. The van der Waals surface area contributed by atoms with Gasteiger partial charge in [-0.25, -0.2) is 0 Å². The number of amides is 1. The number of carbonyl (C=O) groups excluding carboxylic acids is 1. The number of nitrogens with one attached hydrogen (secondary N) is 1. The summed E-state index contributed by atoms with van der Waals surface area (Å²) in [7, 11) is 3.71. The summed E-state index contributed by atoms with van der Waals surface area (Å²) < 4.78 is 4.98. The second-order valence-electron chi connectivity index (χ2n) is 4.25. The highest BCUT2D eigenvalue weighted by Crippen LogP contribution is 1.97. The van der Waals surface area contributed by atoms with Crippen LogP contribution in [0.5, 0.6) is 0 Å². The van der Waals surface area contributed by atoms with E-state index in [-0.39, 0.29) is 5.91 Å². The van der Waals surface area contributed by atoms with Gasteiger partial charge in [-0.1, -0.05) is 6.42 Å². The van der Waals surface area contributed by atoms with E-state index in [2.05, 4.69) is 10.2 Å². The number of carbonyl (C=O) groups is 1. The molecule has 0 radical (unpaired) electrons. The smallest absolute Gasteiger partial charge is 0.220 e. The Morgan fingerprint density at radius 1 is 1.29 bits per heavy atom. The first-order valence-electron chi connectivity index (χ1n) is 6.35. The molecule has 0 saturated carbocycles. The van der Waals surface area contributed by atoms with E-state index >= 15 is 0 Å². The van der Waals surface area contributed by atoms with E-state index in [1.54, 1.807) is 7.11 Å². The third-order valence-corrected chi connectivity index (χ3v) is 2.60. The van der Waals surface area contributed by atoms with Crippen LogP contribution in [0.4, 0.5) is 0 Å². The Morgan fingerprint density at radius 2 is 2.06 bits per heavy atom. The van der Waals surface area contributed by atoms with Crippen LogP contribution in [0.1, 0.15) is 25.7 Å². The summed E-state index contributed by atoms with van der Waals surface area (Å²) in [6.45, 7) is 3.89. The van der Waals surface area contributed by atoms with Crippen molar-refractivity contribution in [2.24, 2.45) is 5.73 Å². The summed E-state index contributed by atoms with van der Waals surface area (Å²) in [5.74, 6) is 0.141. The van der Waals surface area contributed by atoms with E-state index in [0.717, 1.165) is 39.0 Å². The fourth-order valence-electron chi connectivity index (χ4n) is 1.44. The fourth-order valence-corrected chi connectivity index (χ4v) is 1.44. The molecular weight excluding hydrogens is 218 g/mol. The molecule has 5 nitrogen and oxygen atoms in total. The normalized spacial score (nSPS) is 10.8. The third kappa shape index (κ3) is 11.6. The molecule has 0 aromatic heterocycles. The second-order valence-corrected chi connectivity index (χ2v) is 4.25. The van der Waals surface area contributed by atoms with E-state index in [9.17, 15) is 4.79 Å². The van der Waals surface area contributed by atoms with Gasteiger partial charge in [0.2, 0.25) is 5.91 Å². The molecule has 0 bridgehead atoms. The van der Waals surface area contributed by atoms with Gasteiger partial charge in [0.05, 0.1) is 6.61 Å². The van der Waals surface area contributed by atoms with Crippen LogP contribution < -0.4 is 11.1 Å². The molecular formula is C12H27N3O2. The van der Waals surface area contributed by atoms with Crippen LogP contribution in [0.2, 0.25) is 0 Å². The summed E-state index contributed by atoms with van der Waals surface area (Å²) in [6.07, 6.45) is 3.59. The molecule has 0 spiro atoms. The Morgan fingerprint density at radius 3 is 2.71 bits per heavy atom. The number of hydrogen-bond acceptors (Lipinski definition) is 4. The van der Waals surface area contributed by atoms with Gasteiger partial charge in [0.15, 0.2) is 0 Å². The van der Waals surface area contributed by atoms with Crippen molar-refractivity contribution in [1.29, 1.82) is 0 Å². The standard InChI is InChI=1S/C12H27N3O2/c1-15(10-11-17-2)9-8-14-12(16)6-4-3-5-7-13/h3-11,13H2,1-2H3,(H,14,16). The molecule has 0 aliphatic heterocycles. The molecule has 0 fully saturated rings. The molecule has 17 heavy (non-hydrogen) atoms. The highest BCUT2D eigenvalue weighted by molar-refractivity contribution is 5.75. The van der Waals surface area contributed by atoms with Crippen molar-refractivity contribution < 1.29 is 9.53 Å². The minimum Gasteiger partial charge on any atom is -0.383 e. The zero-order chi connectivity index (χ0) is 12.9. The van der Waals surface area contributed by atoms with Gasteiger partial charge >= 0.3 is 0 Å². The highest BCUT2D eigenvalue weighted by atomic mass is 16.5. The minimum absolute atomic E-state index is 0.141. The van der Waals surface area contributed by atoms with Gasteiger partial charge in [-0.05, 0) is 26.4 Å². The van der Waals surface area contributed by atoms with E-state index in [4.69, 9.17) is 10.5 Å². The average molecular weight is 245 g/mol. The predicted molar refractivity (Wildman–Crippen MR) is 69.9 cm³/mol. The maximum absolute atomic E-state index is 11.4. The van der Waals surface area contributed by atoms with Gasteiger partial charge in [0, 0.05) is 33.2 Å². The number of methoxy groups -OCH3 is 1. The molecule has 0 atom stereocenters. The molecule has 1 amide bonds. The lowest BCUT2D eigenvalue weighted by Crippen LogP contribution is -2.34. The van der Waals surface area contributed by atoms with Crippen molar-refractivity contribution in [1.82, 2.24) is 10.2 Å². The van der Waals surface area contributed by atoms with Crippen molar-refractivity contribution in [3.05, 3.63) is 0 Å². The first-order chi connectivity index (χ1) is 8.20. The van der Waals surface area contributed by atoms with Gasteiger partial charge < -0.3 is 20.7 Å². The van der Waals surface area contributed by atoms with Crippen molar-refractivity contribution in [3.8, 4) is 0 Å². The molecule has 0 heterocycles. The molecule has 0 aliphatic carbocycles. The summed E-state index contributed by atoms with van der Waals surface area (Å²) in [5.41, 5.74) is 5.38. The van der Waals surface area contributed by atoms with Crippen LogP contribution in [0.25, 0.3) is 0 Å². The Hall–Kier alpha value is -0.650. The van der Waals surface area contributed by atoms with Crippen molar-refractivity contribution in [3.63, 3.8) is 0 Å². The molecule has 3 N–H and O–H groups in total. The summed E-state index contributed by atoms with van der Waals surface area (Å²) in [5, 5.41) is 2.91. The van der Waals surface area contributed by atoms with E-state index in [0.29, 0.717) is 19.5 Å². The monoisotopic (exact) mass is 245 g/mol. The molecule has 0 aliphatic rings. The van der Waals surface area contributed by atoms with E-state index < -0.39 is 0 Å². The van der Waals surface area contributed by atoms with E-state index in [1.807, 2.05) is 7.05 Å². The van der Waals surface area contributed by atoms with Gasteiger partial charge in [-0.15, -0.1) is 0 Å². The van der Waals surface area contributed by atoms with Crippen molar-refractivity contribution in [2.75, 3.05) is 46.9 Å². The Labute approximate surface area is 105 Å². The van der Waals surface area contributed by atoms with Crippen molar-refractivity contribution in [2.45, 2.75) is 25.7 Å². The highest BCUT2D eigenvalue weighted by Gasteiger charge is 2.01. The summed E-state index contributed by atoms with van der Waals surface area (Å²) in [6, 6.07) is 0. The van der Waals surface area contributed by atoms with Crippen LogP contribution in [0, 0.1) is 0 Å². The summed E-state index contributed by atoms with van der Waals surface area (Å²) >= 11 is 0. The van der Waals surface area contributed by atoms with Crippen LogP contribution >= 0.6 is 0 Å². The van der Waals surface area contributed by atoms with Gasteiger partial charge in [-0.2, -0.15) is 0 Å². The lowest BCUT2D eigenvalue weighted by Gasteiger charge is -2.16. The minimum atomic E-state index is 0.141. The van der Waals surface area contributed by atoms with E-state index in [1.165, 1.54) is 0 Å². The fraction of sp³-hybridized carbons (Fsp3) is 0.917. The lowest BCUT2D eigenvalue weighted by atomic mass is 10.2. The Balaban J connectivity index is 3.31. The molecule has 5 heteroatoms. The maximum atomic E-state index is 11.4. The maximum Gasteiger partial charge on any atom is 0.220 e. The number of likely N-dealkylation sites (N-methyl/N-ethyl adjacent to an activating group) is 1. The molecule has 0 rings (SSSR count). The molecule has 0 unspecified atom stereocenters. The quantitative estimate of drug-likeness (QED) is 0.510. The number of nitrogens with zero attached hydrogens (tertiary/aromatic N) is 1. The zero-order valence-electron chi connectivity index (χ0n) is 11.2. The Kier molecular flexibility index (Phi) is 11.4. The topological polar surface area (TPSA) is 67.6 Å². The molecule has 102 valence electrons. The van der Waals surface area contributed by atoms with Crippen molar-refractivity contribution >= 4 is 5.91 Å². The number of nitrogens with two attached hydrogens (primary N) is 1. The second kappa shape index (κ2) is 11.8. The average Bonchev–Trinajstić information content (AvgIpc) is 2.32. The van der Waals surface area contributed by atoms with Crippen LogP contribution in [-0.4, -0.2) is 57.8 Å². The lowest BCUT2D eigenvalue weighted by molar-refractivity contribution is -0.121. The molecule has 0 saturated heterocycles. The van der Waals surface area contributed by atoms with Crippen LogP contribution in [0.3, 0.4) is 0 Å². The summed E-state index contributed by atoms with van der Waals surface area (Å²) in [4.78, 5) is 13.6. The predicted octanol–water partition coefficient (Wildman–Crippen LogP) is 0.200. The van der Waals surface area contributed by atoms with Crippen LogP contribution in [-0.2, 0) is 9.53 Å². The number of ether oxygens (including phenoxy) is 1. The third-order valence-electron chi connectivity index (χ3n) is 2.60. The van der Waals surface area contributed by atoms with Gasteiger partial charge in [0.25, 0.3) is 0 Å². The molecule has 0 aromatic rings. The van der Waals surface area contributed by atoms with Gasteiger partial charge in [0.1, 0.15) is 0 Å². The number of hydrogen-bond donors (Lipinski definition) is 2. The Bertz CT molecular complexity index is 189. The first kappa shape index (κ1) is 16.4. The number of unbranched alkanes of at least 4 members (excludes halogenated alkanes) is 2.